The number of H-pyrrole nitrogens is 1. The largest absolute Gasteiger partial charge is 0.490 e. The van der Waals surface area contributed by atoms with E-state index in [-0.39, 0.29) is 0 Å². The van der Waals surface area contributed by atoms with Gasteiger partial charge in [0.2, 0.25) is 11.7 Å². The van der Waals surface area contributed by atoms with E-state index in [2.05, 4.69) is 28.1 Å². The van der Waals surface area contributed by atoms with E-state index in [1.54, 1.807) is 0 Å². The van der Waals surface area contributed by atoms with Gasteiger partial charge >= 0.3 is 23.5 Å². The number of hydrogen-bond acceptors (Lipinski definition) is 12. The number of halogens is 2. The minimum absolute atomic E-state index is 0.399. The van der Waals surface area contributed by atoms with Gasteiger partial charge < -0.3 is 35.2 Å². The van der Waals surface area contributed by atoms with Crippen molar-refractivity contribution in [1.29, 1.82) is 0 Å². The van der Waals surface area contributed by atoms with Gasteiger partial charge in [-0.2, -0.15) is 13.6 Å². The zero-order valence-corrected chi connectivity index (χ0v) is 19.0. The van der Waals surface area contributed by atoms with Gasteiger partial charge in [-0.25, -0.2) is 27.5 Å². The number of aromatic nitrogens is 4. The summed E-state index contributed by atoms with van der Waals surface area (Å²) in [5.74, 6) is -3.52. The number of aromatic amines is 1. The number of anilines is 1. The number of nitrogens with one attached hydrogen (secondary N) is 1. The Kier molecular flexibility index (Phi) is 6.95. The van der Waals surface area contributed by atoms with Gasteiger partial charge in [-0.05, 0) is 0 Å². The summed E-state index contributed by atoms with van der Waals surface area (Å²) < 4.78 is 80.3. The summed E-state index contributed by atoms with van der Waals surface area (Å²) in [5, 5.41) is 10.6. The number of phosphoric acid groups is 3. The Balaban J connectivity index is 1.85. The monoisotopic (exact) mass is 557 g/mol. The number of ether oxygens (including phenoxy) is 1. The van der Waals surface area contributed by atoms with Gasteiger partial charge in [-0.3, -0.25) is 18.9 Å². The molecule has 34 heavy (non-hydrogen) atoms. The van der Waals surface area contributed by atoms with Gasteiger partial charge in [-0.1, -0.05) is 0 Å². The number of phosphoric ester groups is 1. The van der Waals surface area contributed by atoms with Crippen LogP contribution in [0.4, 0.5) is 14.7 Å². The molecule has 3 heterocycles. The number of alkyl halides is 2. The second-order valence-corrected chi connectivity index (χ2v) is 11.2. The molecule has 3 rings (SSSR count). The molecule has 0 bridgehead atoms. The van der Waals surface area contributed by atoms with Gasteiger partial charge in [0, 0.05) is 0 Å². The van der Waals surface area contributed by atoms with E-state index in [1.807, 2.05) is 0 Å². The molecule has 8 N–H and O–H groups in total. The maximum absolute atomic E-state index is 15.8. The third kappa shape index (κ3) is 5.28. The third-order valence-electron chi connectivity index (χ3n) is 4.42. The summed E-state index contributed by atoms with van der Waals surface area (Å²) in [4.78, 5) is 57.0. The van der Waals surface area contributed by atoms with Crippen LogP contribution in [0.5, 0.6) is 0 Å². The molecule has 0 aromatic carbocycles. The van der Waals surface area contributed by atoms with Crippen LogP contribution in [-0.2, 0) is 37.4 Å². The van der Waals surface area contributed by atoms with E-state index in [9.17, 15) is 32.9 Å². The van der Waals surface area contributed by atoms with Crippen molar-refractivity contribution in [3.05, 3.63) is 16.7 Å². The summed E-state index contributed by atoms with van der Waals surface area (Å²) in [6.07, 6.45) is -1.80. The molecule has 0 spiro atoms. The molecule has 5 atom stereocenters. The molecule has 1 aliphatic rings. The predicted octanol–water partition coefficient (Wildman–Crippen LogP) is -1.23. The Morgan fingerprint density at radius 3 is 2.50 bits per heavy atom. The summed E-state index contributed by atoms with van der Waals surface area (Å²) in [7, 11) is -17.3. The van der Waals surface area contributed by atoms with Crippen molar-refractivity contribution in [1.82, 2.24) is 19.5 Å². The highest BCUT2D eigenvalue weighted by atomic mass is 31.3. The third-order valence-corrected chi connectivity index (χ3v) is 8.20. The van der Waals surface area contributed by atoms with Crippen molar-refractivity contribution in [3.8, 4) is 0 Å². The number of imidazole rings is 1. The van der Waals surface area contributed by atoms with Crippen molar-refractivity contribution in [3.63, 3.8) is 0 Å². The highest BCUT2D eigenvalue weighted by molar-refractivity contribution is 7.66. The van der Waals surface area contributed by atoms with Crippen molar-refractivity contribution < 1.29 is 65.0 Å². The number of nitrogens with two attached hydrogens (primary N) is 1. The molecule has 1 aliphatic heterocycles. The van der Waals surface area contributed by atoms with E-state index < -0.39 is 83.5 Å². The Labute approximate surface area is 185 Å². The van der Waals surface area contributed by atoms with Crippen LogP contribution in [0.2, 0.25) is 0 Å². The first-order valence-corrected chi connectivity index (χ1v) is 13.0. The van der Waals surface area contributed by atoms with Crippen molar-refractivity contribution in [2.24, 2.45) is 0 Å². The molecule has 23 heteroatoms. The SMILES string of the molecule is Nc1nc2c(ncn2C2(F)CO[C@](CF)(COP(=O)(O)OP(=O)(O)OP(=O)(O)O)[C@H]2O)c(=O)[nH]1. The molecule has 3 unspecified atom stereocenters. The van der Waals surface area contributed by atoms with Gasteiger partial charge in [-0.15, -0.1) is 0 Å². The second-order valence-electron chi connectivity index (χ2n) is 6.81. The lowest BCUT2D eigenvalue weighted by atomic mass is 9.95. The lowest BCUT2D eigenvalue weighted by Crippen LogP contribution is -2.53. The van der Waals surface area contributed by atoms with Crippen LogP contribution in [0, 0.1) is 0 Å². The van der Waals surface area contributed by atoms with Crippen molar-refractivity contribution in [2.75, 3.05) is 25.6 Å². The molecular formula is C11H16F2N5O13P3. The number of nitrogen functional groups attached to an aromatic ring is 1. The van der Waals surface area contributed by atoms with Crippen LogP contribution in [0.15, 0.2) is 11.1 Å². The van der Waals surface area contributed by atoms with Crippen LogP contribution < -0.4 is 11.3 Å². The van der Waals surface area contributed by atoms with Crippen LogP contribution in [0.3, 0.4) is 0 Å². The maximum Gasteiger partial charge on any atom is 0.490 e. The quantitative estimate of drug-likeness (QED) is 0.178. The minimum atomic E-state index is -5.88. The van der Waals surface area contributed by atoms with E-state index in [0.717, 1.165) is 6.33 Å². The lowest BCUT2D eigenvalue weighted by molar-refractivity contribution is -0.114. The second kappa shape index (κ2) is 8.77. The Morgan fingerprint density at radius 1 is 1.26 bits per heavy atom. The molecule has 0 amide bonds. The van der Waals surface area contributed by atoms with Crippen molar-refractivity contribution in [2.45, 2.75) is 17.5 Å². The van der Waals surface area contributed by atoms with Gasteiger partial charge in [0.1, 0.15) is 25.7 Å². The summed E-state index contributed by atoms with van der Waals surface area (Å²) >= 11 is 0. The van der Waals surface area contributed by atoms with Gasteiger partial charge in [0.25, 0.3) is 5.56 Å². The average molecular weight is 557 g/mol. The molecule has 2 aromatic rings. The minimum Gasteiger partial charge on any atom is -0.384 e. The standard InChI is InChI=1S/C11H16F2N5O13P3/c12-1-10(2-29-33(24,25)31-34(26,27)30-32(21,22)23)8(20)11(13,3-28-10)18-4-15-5-6(18)16-9(14)17-7(5)19/h4,8,20H,1-3H2,(H,24,25)(H,26,27)(H2,21,22,23)(H3,14,16,17,19)/t8-,10-,11?/m1/s1. The topological polar surface area (TPSA) is 279 Å². The average Bonchev–Trinajstić information content (AvgIpc) is 3.19. The van der Waals surface area contributed by atoms with E-state index in [0.29, 0.717) is 4.57 Å². The number of rotatable bonds is 9. The fourth-order valence-electron chi connectivity index (χ4n) is 2.97. The zero-order chi connectivity index (χ0) is 25.7. The van der Waals surface area contributed by atoms with Crippen LogP contribution in [0.1, 0.15) is 0 Å². The molecule has 2 aromatic heterocycles. The van der Waals surface area contributed by atoms with E-state index in [4.69, 9.17) is 25.2 Å². The highest BCUT2D eigenvalue weighted by Crippen LogP contribution is 2.66. The molecular weight excluding hydrogens is 541 g/mol. The Morgan fingerprint density at radius 2 is 1.91 bits per heavy atom. The smallest absolute Gasteiger partial charge is 0.384 e. The molecule has 0 saturated carbocycles. The summed E-state index contributed by atoms with van der Waals surface area (Å²) in [6.45, 7) is -4.36. The fourth-order valence-corrected chi connectivity index (χ4v) is 6.05. The van der Waals surface area contributed by atoms with Crippen LogP contribution in [-0.4, -0.2) is 75.8 Å². The van der Waals surface area contributed by atoms with Gasteiger partial charge in [0.05, 0.1) is 6.61 Å². The predicted molar refractivity (Wildman–Crippen MR) is 102 cm³/mol. The normalized spacial score (nSPS) is 29.2. The Hall–Kier alpha value is -1.66. The molecule has 18 nitrogen and oxygen atoms in total. The number of fused-ring (bicyclic) bond motifs is 1. The fraction of sp³-hybridized carbons (Fsp3) is 0.545. The first-order valence-electron chi connectivity index (χ1n) is 8.52. The number of hydrogen-bond donors (Lipinski definition) is 7. The molecule has 192 valence electrons. The molecule has 0 radical (unpaired) electrons. The van der Waals surface area contributed by atoms with E-state index >= 15 is 4.39 Å². The first-order chi connectivity index (χ1) is 15.4. The number of nitrogens with zero attached hydrogens (tertiary/aromatic N) is 3. The summed E-state index contributed by atoms with van der Waals surface area (Å²) in [5.41, 5.74) is 0.974. The lowest BCUT2D eigenvalue weighted by Gasteiger charge is -2.32. The number of aliphatic hydroxyl groups excluding tert-OH is 1. The molecule has 1 fully saturated rings. The van der Waals surface area contributed by atoms with Crippen LogP contribution in [0.25, 0.3) is 11.2 Å². The van der Waals surface area contributed by atoms with E-state index in [1.165, 1.54) is 0 Å². The van der Waals surface area contributed by atoms with Crippen molar-refractivity contribution >= 4 is 40.6 Å². The molecule has 0 aliphatic carbocycles. The summed E-state index contributed by atoms with van der Waals surface area (Å²) in [6, 6.07) is 0. The Bertz CT molecular complexity index is 1300. The maximum atomic E-state index is 15.8. The number of aliphatic hydroxyl groups is 1. The zero-order valence-electron chi connectivity index (χ0n) is 16.3. The van der Waals surface area contributed by atoms with Crippen LogP contribution >= 0.6 is 23.5 Å². The highest BCUT2D eigenvalue weighted by Gasteiger charge is 2.62. The molecule has 1 saturated heterocycles. The first kappa shape index (κ1) is 26.9. The van der Waals surface area contributed by atoms with Gasteiger partial charge in [0.15, 0.2) is 16.8 Å².